The number of piperazine rings is 1. The SMILES string of the molecule is CC(C)c1cc(-c2nc(C3CNCCN3C)no2)nn1C(C)(C)C. The van der Waals surface area contributed by atoms with Crippen LogP contribution in [0.3, 0.4) is 0 Å². The molecule has 1 saturated heterocycles. The zero-order valence-electron chi connectivity index (χ0n) is 15.5. The van der Waals surface area contributed by atoms with E-state index in [4.69, 9.17) is 9.62 Å². The van der Waals surface area contributed by atoms with Crippen LogP contribution in [-0.2, 0) is 5.54 Å². The quantitative estimate of drug-likeness (QED) is 0.930. The van der Waals surface area contributed by atoms with Crippen LogP contribution < -0.4 is 5.32 Å². The fourth-order valence-corrected chi connectivity index (χ4v) is 3.02. The lowest BCUT2D eigenvalue weighted by Gasteiger charge is -2.30. The first-order valence-corrected chi connectivity index (χ1v) is 8.62. The second-order valence-corrected chi connectivity index (χ2v) is 7.85. The molecule has 0 amide bonds. The van der Waals surface area contributed by atoms with Crippen LogP contribution in [-0.4, -0.2) is 51.5 Å². The van der Waals surface area contributed by atoms with Gasteiger partial charge < -0.3 is 9.84 Å². The van der Waals surface area contributed by atoms with Gasteiger partial charge in [-0.2, -0.15) is 10.1 Å². The molecule has 2 aromatic heterocycles. The van der Waals surface area contributed by atoms with Crippen LogP contribution in [0.15, 0.2) is 10.6 Å². The third kappa shape index (κ3) is 3.23. The van der Waals surface area contributed by atoms with Crippen molar-refractivity contribution >= 4 is 0 Å². The Bertz CT molecular complexity index is 696. The maximum Gasteiger partial charge on any atom is 0.278 e. The van der Waals surface area contributed by atoms with Gasteiger partial charge in [-0.3, -0.25) is 9.58 Å². The van der Waals surface area contributed by atoms with E-state index in [1.165, 1.54) is 5.69 Å². The zero-order chi connectivity index (χ0) is 17.5. The van der Waals surface area contributed by atoms with E-state index in [2.05, 4.69) is 72.8 Å². The minimum absolute atomic E-state index is 0.0891. The summed E-state index contributed by atoms with van der Waals surface area (Å²) in [6, 6.07) is 2.21. The van der Waals surface area contributed by atoms with Gasteiger partial charge in [-0.1, -0.05) is 19.0 Å². The lowest BCUT2D eigenvalue weighted by Crippen LogP contribution is -2.44. The predicted octanol–water partition coefficient (Wildman–Crippen LogP) is 2.39. The molecular formula is C17H28N6O. The molecule has 3 rings (SSSR count). The molecule has 1 fully saturated rings. The fourth-order valence-electron chi connectivity index (χ4n) is 3.02. The summed E-state index contributed by atoms with van der Waals surface area (Å²) in [6.07, 6.45) is 0. The Balaban J connectivity index is 1.93. The Morgan fingerprint density at radius 1 is 1.33 bits per heavy atom. The van der Waals surface area contributed by atoms with Crippen LogP contribution in [0.1, 0.15) is 58.1 Å². The molecule has 0 aromatic carbocycles. The van der Waals surface area contributed by atoms with Crippen molar-refractivity contribution in [3.63, 3.8) is 0 Å². The topological polar surface area (TPSA) is 72.0 Å². The van der Waals surface area contributed by atoms with Crippen molar-refractivity contribution in [1.29, 1.82) is 0 Å². The van der Waals surface area contributed by atoms with Crippen molar-refractivity contribution in [2.75, 3.05) is 26.7 Å². The highest BCUT2D eigenvalue weighted by Crippen LogP contribution is 2.28. The molecule has 0 saturated carbocycles. The van der Waals surface area contributed by atoms with Gasteiger partial charge in [-0.25, -0.2) is 0 Å². The largest absolute Gasteiger partial charge is 0.332 e. The van der Waals surface area contributed by atoms with Gasteiger partial charge in [-0.15, -0.1) is 0 Å². The van der Waals surface area contributed by atoms with Crippen LogP contribution in [0.5, 0.6) is 0 Å². The van der Waals surface area contributed by atoms with Gasteiger partial charge in [0.05, 0.1) is 11.6 Å². The first-order chi connectivity index (χ1) is 11.3. The molecule has 0 bridgehead atoms. The van der Waals surface area contributed by atoms with Crippen LogP contribution in [0.4, 0.5) is 0 Å². The van der Waals surface area contributed by atoms with Crippen molar-refractivity contribution in [3.8, 4) is 11.6 Å². The maximum atomic E-state index is 5.52. The molecule has 7 heteroatoms. The van der Waals surface area contributed by atoms with Crippen LogP contribution in [0.25, 0.3) is 11.6 Å². The average molecular weight is 332 g/mol. The van der Waals surface area contributed by atoms with Crippen molar-refractivity contribution in [3.05, 3.63) is 17.6 Å². The summed E-state index contributed by atoms with van der Waals surface area (Å²) >= 11 is 0. The first kappa shape index (κ1) is 17.1. The molecule has 1 atom stereocenters. The normalized spacial score (nSPS) is 20.0. The average Bonchev–Trinajstić information content (AvgIpc) is 3.14. The highest BCUT2D eigenvalue weighted by Gasteiger charge is 2.27. The monoisotopic (exact) mass is 332 g/mol. The van der Waals surface area contributed by atoms with Gasteiger partial charge in [0.25, 0.3) is 5.89 Å². The molecule has 1 aliphatic rings. The molecule has 0 radical (unpaired) electrons. The van der Waals surface area contributed by atoms with Crippen LogP contribution >= 0.6 is 0 Å². The first-order valence-electron chi connectivity index (χ1n) is 8.62. The number of hydrogen-bond acceptors (Lipinski definition) is 6. The summed E-state index contributed by atoms with van der Waals surface area (Å²) in [6.45, 7) is 13.6. The van der Waals surface area contributed by atoms with Crippen molar-refractivity contribution in [2.24, 2.45) is 0 Å². The van der Waals surface area contributed by atoms with Crippen LogP contribution in [0.2, 0.25) is 0 Å². The summed E-state index contributed by atoms with van der Waals surface area (Å²) in [5.74, 6) is 1.59. The van der Waals surface area contributed by atoms with E-state index in [1.54, 1.807) is 0 Å². The highest BCUT2D eigenvalue weighted by molar-refractivity contribution is 5.47. The highest BCUT2D eigenvalue weighted by atomic mass is 16.5. The van der Waals surface area contributed by atoms with E-state index in [-0.39, 0.29) is 11.6 Å². The summed E-state index contributed by atoms with van der Waals surface area (Å²) in [5.41, 5.74) is 1.83. The molecule has 24 heavy (non-hydrogen) atoms. The molecule has 7 nitrogen and oxygen atoms in total. The van der Waals surface area contributed by atoms with Gasteiger partial charge >= 0.3 is 0 Å². The molecule has 132 valence electrons. The molecule has 0 aliphatic carbocycles. The van der Waals surface area contributed by atoms with E-state index < -0.39 is 0 Å². The summed E-state index contributed by atoms with van der Waals surface area (Å²) in [5, 5.41) is 12.3. The molecule has 1 unspecified atom stereocenters. The second-order valence-electron chi connectivity index (χ2n) is 7.85. The van der Waals surface area contributed by atoms with Crippen molar-refractivity contribution in [2.45, 2.75) is 52.1 Å². The van der Waals surface area contributed by atoms with Gasteiger partial charge in [0.2, 0.25) is 0 Å². The Morgan fingerprint density at radius 3 is 2.67 bits per heavy atom. The Kier molecular flexibility index (Phi) is 4.48. The van der Waals surface area contributed by atoms with Crippen molar-refractivity contribution in [1.82, 2.24) is 30.1 Å². The molecule has 3 heterocycles. The second kappa shape index (κ2) is 6.29. The predicted molar refractivity (Wildman–Crippen MR) is 92.8 cm³/mol. The Labute approximate surface area is 143 Å². The molecule has 2 aromatic rings. The smallest absolute Gasteiger partial charge is 0.278 e. The molecular weight excluding hydrogens is 304 g/mol. The van der Waals surface area contributed by atoms with E-state index in [9.17, 15) is 0 Å². The van der Waals surface area contributed by atoms with E-state index in [0.29, 0.717) is 11.8 Å². The summed E-state index contributed by atoms with van der Waals surface area (Å²) in [7, 11) is 2.09. The molecule has 0 spiro atoms. The lowest BCUT2D eigenvalue weighted by atomic mass is 10.1. The number of rotatable bonds is 3. The van der Waals surface area contributed by atoms with Crippen LogP contribution in [0, 0.1) is 0 Å². The number of likely N-dealkylation sites (N-methyl/N-ethyl adjacent to an activating group) is 1. The van der Waals surface area contributed by atoms with Gasteiger partial charge in [0, 0.05) is 25.3 Å². The zero-order valence-corrected chi connectivity index (χ0v) is 15.5. The number of aromatic nitrogens is 4. The molecule has 1 aliphatic heterocycles. The maximum absolute atomic E-state index is 5.52. The number of hydrogen-bond donors (Lipinski definition) is 1. The minimum Gasteiger partial charge on any atom is -0.332 e. The lowest BCUT2D eigenvalue weighted by molar-refractivity contribution is 0.190. The summed E-state index contributed by atoms with van der Waals surface area (Å²) in [4.78, 5) is 6.86. The standard InChI is InChI=1S/C17H28N6O/c1-11(2)13-9-12(20-23(13)17(3,4)5)16-19-15(21-24-16)14-10-18-7-8-22(14)6/h9,11,14,18H,7-8,10H2,1-6H3. The third-order valence-corrected chi connectivity index (χ3v) is 4.43. The van der Waals surface area contributed by atoms with Gasteiger partial charge in [0.1, 0.15) is 0 Å². The Hall–Kier alpha value is -1.73. The Morgan fingerprint density at radius 2 is 2.08 bits per heavy atom. The summed E-state index contributed by atoms with van der Waals surface area (Å²) < 4.78 is 7.58. The fraction of sp³-hybridized carbons (Fsp3) is 0.706. The van der Waals surface area contributed by atoms with Crippen molar-refractivity contribution < 1.29 is 4.52 Å². The van der Waals surface area contributed by atoms with E-state index >= 15 is 0 Å². The number of nitrogens with one attached hydrogen (secondary N) is 1. The molecule has 1 N–H and O–H groups in total. The third-order valence-electron chi connectivity index (χ3n) is 4.43. The van der Waals surface area contributed by atoms with Gasteiger partial charge in [-0.05, 0) is 39.8 Å². The van der Waals surface area contributed by atoms with Gasteiger partial charge in [0.15, 0.2) is 11.5 Å². The van der Waals surface area contributed by atoms with E-state index in [1.807, 2.05) is 0 Å². The minimum atomic E-state index is -0.0891. The number of nitrogens with zero attached hydrogens (tertiary/aromatic N) is 5. The van der Waals surface area contributed by atoms with E-state index in [0.717, 1.165) is 31.2 Å².